The van der Waals surface area contributed by atoms with E-state index in [1.165, 1.54) is 24.2 Å². The fourth-order valence-electron chi connectivity index (χ4n) is 4.53. The first-order valence-corrected chi connectivity index (χ1v) is 13.5. The van der Waals surface area contributed by atoms with Crippen molar-refractivity contribution < 1.29 is 43.6 Å². The van der Waals surface area contributed by atoms with Gasteiger partial charge in [0.1, 0.15) is 18.5 Å². The van der Waals surface area contributed by atoms with Crippen molar-refractivity contribution in [1.29, 1.82) is 0 Å². The number of Topliss-reactive ketones (excluding diaryl/α,β-unsaturated/α-hetero) is 1. The van der Waals surface area contributed by atoms with Crippen LogP contribution < -0.4 is 14.8 Å². The van der Waals surface area contributed by atoms with Crippen LogP contribution >= 0.6 is 22.6 Å². The van der Waals surface area contributed by atoms with E-state index in [2.05, 4.69) is 5.32 Å². The first-order chi connectivity index (χ1) is 18.2. The summed E-state index contributed by atoms with van der Waals surface area (Å²) in [5, 5.41) is 23.2. The molecule has 12 heteroatoms. The smallest absolute Gasteiger partial charge is 0.290 e. The van der Waals surface area contributed by atoms with Crippen LogP contribution in [0.5, 0.6) is 11.5 Å². The van der Waals surface area contributed by atoms with Crippen LogP contribution in [0, 0.1) is 3.57 Å². The largest absolute Gasteiger partial charge is 0.493 e. The van der Waals surface area contributed by atoms with E-state index >= 15 is 0 Å². The molecule has 38 heavy (non-hydrogen) atoms. The number of aliphatic hydroxyl groups excluding tert-OH is 2. The minimum Gasteiger partial charge on any atom is -0.493 e. The van der Waals surface area contributed by atoms with Crippen molar-refractivity contribution in [3.63, 3.8) is 0 Å². The van der Waals surface area contributed by atoms with Crippen LogP contribution in [-0.4, -0.2) is 96.8 Å². The quantitative estimate of drug-likeness (QED) is 0.172. The molecular weight excluding hydrogens is 611 g/mol. The highest BCUT2D eigenvalue weighted by molar-refractivity contribution is 14.1. The molecule has 1 heterocycles. The number of rotatable bonds is 12. The summed E-state index contributed by atoms with van der Waals surface area (Å²) in [4.78, 5) is 51.2. The molecule has 0 unspecified atom stereocenters. The summed E-state index contributed by atoms with van der Waals surface area (Å²) in [5.41, 5.74) is 0.595. The van der Waals surface area contributed by atoms with Gasteiger partial charge >= 0.3 is 0 Å². The van der Waals surface area contributed by atoms with E-state index in [1.807, 2.05) is 22.6 Å². The van der Waals surface area contributed by atoms with Crippen molar-refractivity contribution in [2.45, 2.75) is 57.0 Å². The van der Waals surface area contributed by atoms with Gasteiger partial charge in [-0.25, -0.2) is 0 Å². The lowest BCUT2D eigenvalue weighted by atomic mass is 9.87. The summed E-state index contributed by atoms with van der Waals surface area (Å²) >= 11 is 1.98. The van der Waals surface area contributed by atoms with Crippen molar-refractivity contribution in [3.8, 4) is 11.5 Å². The standard InChI is InChI=1S/C26H33IN2O9/c1-3-20(32)26(35)29(13-17-5-4-8-37-17)19-11-16(25(34)28-6-7-30)12-21(23(19)33)38-24-18(27)9-15(14-31)10-22(24)36-2/h9-10,12,14,17,19,21,23,30,33H,3-8,11,13H2,1-2H3,(H,28,34)/t17-,19+,21-,23-/m0/s1. The van der Waals surface area contributed by atoms with Gasteiger partial charge in [0.05, 0.1) is 29.4 Å². The van der Waals surface area contributed by atoms with Crippen LogP contribution in [0.15, 0.2) is 23.8 Å². The summed E-state index contributed by atoms with van der Waals surface area (Å²) in [6.07, 6.45) is 0.881. The van der Waals surface area contributed by atoms with E-state index in [1.54, 1.807) is 13.0 Å². The second-order valence-electron chi connectivity index (χ2n) is 9.04. The van der Waals surface area contributed by atoms with E-state index in [0.717, 1.165) is 6.42 Å². The number of methoxy groups -OCH3 is 1. The van der Waals surface area contributed by atoms with Gasteiger partial charge in [0.2, 0.25) is 11.7 Å². The molecular formula is C26H33IN2O9. The molecule has 0 bridgehead atoms. The van der Waals surface area contributed by atoms with Gasteiger partial charge in [0.25, 0.3) is 5.91 Å². The van der Waals surface area contributed by atoms with Crippen molar-refractivity contribution in [2.24, 2.45) is 0 Å². The van der Waals surface area contributed by atoms with Gasteiger partial charge in [0.15, 0.2) is 11.5 Å². The monoisotopic (exact) mass is 644 g/mol. The third kappa shape index (κ3) is 7.10. The fourth-order valence-corrected chi connectivity index (χ4v) is 5.28. The van der Waals surface area contributed by atoms with Crippen molar-refractivity contribution in [1.82, 2.24) is 10.2 Å². The lowest BCUT2D eigenvalue weighted by Gasteiger charge is -2.41. The van der Waals surface area contributed by atoms with Gasteiger partial charge < -0.3 is 34.6 Å². The molecule has 208 valence electrons. The van der Waals surface area contributed by atoms with E-state index in [0.29, 0.717) is 28.4 Å². The normalized spacial score (nSPS) is 22.8. The number of carbonyl (C=O) groups excluding carboxylic acids is 4. The lowest BCUT2D eigenvalue weighted by molar-refractivity contribution is -0.150. The molecule has 3 rings (SSSR count). The maximum Gasteiger partial charge on any atom is 0.290 e. The average molecular weight is 644 g/mol. The zero-order valence-electron chi connectivity index (χ0n) is 21.4. The van der Waals surface area contributed by atoms with Crippen LogP contribution in [0.3, 0.4) is 0 Å². The van der Waals surface area contributed by atoms with Crippen LogP contribution in [0.2, 0.25) is 0 Å². The Balaban J connectivity index is 2.02. The Kier molecular flexibility index (Phi) is 11.1. The molecule has 1 aromatic carbocycles. The Morgan fingerprint density at radius 3 is 2.68 bits per heavy atom. The van der Waals surface area contributed by atoms with E-state index in [4.69, 9.17) is 19.3 Å². The number of ketones is 1. The predicted octanol–water partition coefficient (Wildman–Crippen LogP) is 1.01. The number of hydrogen-bond acceptors (Lipinski definition) is 9. The summed E-state index contributed by atoms with van der Waals surface area (Å²) in [7, 11) is 1.41. The summed E-state index contributed by atoms with van der Waals surface area (Å²) < 4.78 is 17.8. The average Bonchev–Trinajstić information content (AvgIpc) is 3.44. The highest BCUT2D eigenvalue weighted by atomic mass is 127. The minimum absolute atomic E-state index is 0.0121. The maximum atomic E-state index is 13.2. The Bertz CT molecular complexity index is 1070. The second kappa shape index (κ2) is 14.0. The molecule has 1 aromatic rings. The van der Waals surface area contributed by atoms with Crippen LogP contribution in [0.25, 0.3) is 0 Å². The van der Waals surface area contributed by atoms with Crippen LogP contribution in [0.4, 0.5) is 0 Å². The summed E-state index contributed by atoms with van der Waals surface area (Å²) in [6, 6.07) is 2.11. The fraction of sp³-hybridized carbons (Fsp3) is 0.538. The van der Waals surface area contributed by atoms with Gasteiger partial charge in [-0.1, -0.05) is 6.92 Å². The molecule has 0 saturated carbocycles. The first kappa shape index (κ1) is 30.0. The number of aldehydes is 1. The number of nitrogens with one attached hydrogen (secondary N) is 1. The van der Waals surface area contributed by atoms with Crippen LogP contribution in [-0.2, 0) is 19.1 Å². The molecule has 0 spiro atoms. The molecule has 0 aromatic heterocycles. The maximum absolute atomic E-state index is 13.2. The Hall–Kier alpha value is -2.55. The molecule has 4 atom stereocenters. The highest BCUT2D eigenvalue weighted by Crippen LogP contribution is 2.37. The van der Waals surface area contributed by atoms with E-state index in [-0.39, 0.29) is 55.7 Å². The number of aliphatic hydroxyl groups is 2. The number of halogens is 1. The van der Waals surface area contributed by atoms with Gasteiger partial charge in [-0.15, -0.1) is 0 Å². The molecule has 1 aliphatic carbocycles. The van der Waals surface area contributed by atoms with Gasteiger partial charge in [-0.2, -0.15) is 0 Å². The summed E-state index contributed by atoms with van der Waals surface area (Å²) in [6.45, 7) is 1.95. The molecule has 1 fully saturated rings. The number of nitrogens with zero attached hydrogens (tertiary/aromatic N) is 1. The van der Waals surface area contributed by atoms with E-state index < -0.39 is 35.8 Å². The number of amides is 2. The van der Waals surface area contributed by atoms with Gasteiger partial charge in [-0.3, -0.25) is 19.2 Å². The zero-order chi connectivity index (χ0) is 27.8. The zero-order valence-corrected chi connectivity index (χ0v) is 23.5. The lowest BCUT2D eigenvalue weighted by Crippen LogP contribution is -2.57. The Morgan fingerprint density at radius 1 is 1.32 bits per heavy atom. The molecule has 0 radical (unpaired) electrons. The van der Waals surface area contributed by atoms with Gasteiger partial charge in [-0.05, 0) is 53.6 Å². The second-order valence-corrected chi connectivity index (χ2v) is 10.2. The SMILES string of the molecule is CCC(=O)C(=O)N(C[C@@H]1CCCO1)[C@@H]1CC(C(=O)NCCO)=C[C@H](Oc2c(I)cc(C=O)cc2OC)[C@H]1O. The summed E-state index contributed by atoms with van der Waals surface area (Å²) in [5.74, 6) is -1.37. The highest BCUT2D eigenvalue weighted by Gasteiger charge is 2.43. The Labute approximate surface area is 234 Å². The first-order valence-electron chi connectivity index (χ1n) is 12.5. The number of hydrogen-bond donors (Lipinski definition) is 3. The third-order valence-electron chi connectivity index (χ3n) is 6.50. The Morgan fingerprint density at radius 2 is 2.08 bits per heavy atom. The molecule has 1 saturated heterocycles. The third-order valence-corrected chi connectivity index (χ3v) is 7.30. The molecule has 1 aliphatic heterocycles. The minimum atomic E-state index is -1.31. The topological polar surface area (TPSA) is 152 Å². The van der Waals surface area contributed by atoms with Crippen molar-refractivity contribution in [2.75, 3.05) is 33.4 Å². The molecule has 2 aliphatic rings. The predicted molar refractivity (Wildman–Crippen MR) is 144 cm³/mol. The number of benzene rings is 1. The van der Waals surface area contributed by atoms with Crippen LogP contribution in [0.1, 0.15) is 43.0 Å². The number of ether oxygens (including phenoxy) is 3. The van der Waals surface area contributed by atoms with E-state index in [9.17, 15) is 24.3 Å². The molecule has 2 amide bonds. The van der Waals surface area contributed by atoms with Crippen molar-refractivity contribution >= 4 is 46.5 Å². The molecule has 11 nitrogen and oxygen atoms in total. The van der Waals surface area contributed by atoms with Gasteiger partial charge in [0, 0.05) is 43.7 Å². The van der Waals surface area contributed by atoms with Crippen molar-refractivity contribution in [3.05, 3.63) is 32.9 Å². The number of carbonyl (C=O) groups is 4. The molecule has 3 N–H and O–H groups in total.